The van der Waals surface area contributed by atoms with Crippen LogP contribution in [0.3, 0.4) is 0 Å². The van der Waals surface area contributed by atoms with Crippen molar-refractivity contribution in [1.29, 1.82) is 0 Å². The minimum absolute atomic E-state index is 0.0284. The number of anilines is 2. The smallest absolute Gasteiger partial charge is 0.265 e. The number of nitrogens with zero attached hydrogens (tertiary/aromatic N) is 1. The van der Waals surface area contributed by atoms with Crippen LogP contribution in [-0.4, -0.2) is 13.4 Å². The quantitative estimate of drug-likeness (QED) is 0.567. The van der Waals surface area contributed by atoms with E-state index < -0.39 is 10.0 Å². The Morgan fingerprint density at radius 1 is 1.24 bits per heavy atom. The number of pyridine rings is 1. The molecule has 0 aliphatic rings. The van der Waals surface area contributed by atoms with Crippen LogP contribution < -0.4 is 16.0 Å². The van der Waals surface area contributed by atoms with E-state index in [-0.39, 0.29) is 10.7 Å². The van der Waals surface area contributed by atoms with Gasteiger partial charge in [-0.2, -0.15) is 0 Å². The van der Waals surface area contributed by atoms with Gasteiger partial charge in [0.2, 0.25) is 0 Å². The largest absolute Gasteiger partial charge is 0.307 e. The lowest BCUT2D eigenvalue weighted by molar-refractivity contribution is 0.601. The van der Waals surface area contributed by atoms with Crippen LogP contribution in [0.25, 0.3) is 0 Å². The number of nitrogens with one attached hydrogen (secondary N) is 2. The summed E-state index contributed by atoms with van der Waals surface area (Å²) in [5, 5.41) is 0. The average Bonchev–Trinajstić information content (AvgIpc) is 2.42. The zero-order chi connectivity index (χ0) is 15.6. The lowest BCUT2D eigenvalue weighted by atomic mass is 10.1. The molecule has 0 saturated heterocycles. The molecule has 0 atom stereocenters. The fraction of sp³-hybridized carbons (Fsp3) is 0.154. The fourth-order valence-corrected chi connectivity index (χ4v) is 3.62. The van der Waals surface area contributed by atoms with Gasteiger partial charge in [0.25, 0.3) is 10.0 Å². The van der Waals surface area contributed by atoms with Gasteiger partial charge < -0.3 is 5.43 Å². The molecule has 0 fully saturated rings. The Morgan fingerprint density at radius 3 is 2.57 bits per heavy atom. The molecule has 112 valence electrons. The third-order valence-corrected chi connectivity index (χ3v) is 4.68. The molecule has 0 radical (unpaired) electrons. The molecule has 21 heavy (non-hydrogen) atoms. The highest BCUT2D eigenvalue weighted by atomic mass is 79.9. The van der Waals surface area contributed by atoms with E-state index in [1.165, 1.54) is 12.3 Å². The molecule has 6 nitrogen and oxygen atoms in total. The molecule has 0 spiro atoms. The van der Waals surface area contributed by atoms with Crippen molar-refractivity contribution in [2.75, 3.05) is 10.1 Å². The van der Waals surface area contributed by atoms with Gasteiger partial charge in [0, 0.05) is 10.7 Å². The van der Waals surface area contributed by atoms with Crippen molar-refractivity contribution in [3.05, 3.63) is 46.1 Å². The van der Waals surface area contributed by atoms with Gasteiger partial charge in [0.15, 0.2) is 5.82 Å². The number of nitrogens with two attached hydrogens (primary N) is 1. The van der Waals surface area contributed by atoms with Crippen molar-refractivity contribution in [1.82, 2.24) is 4.98 Å². The number of halogens is 1. The first-order valence-corrected chi connectivity index (χ1v) is 8.33. The number of hydrazine groups is 1. The lowest BCUT2D eigenvalue weighted by Crippen LogP contribution is -2.19. The number of hydrogen-bond acceptors (Lipinski definition) is 5. The van der Waals surface area contributed by atoms with Gasteiger partial charge in [-0.25, -0.2) is 19.2 Å². The molecular weight excluding hydrogens is 356 g/mol. The average molecular weight is 371 g/mol. The number of nitrogen functional groups attached to an aromatic ring is 1. The molecule has 0 amide bonds. The van der Waals surface area contributed by atoms with Crippen molar-refractivity contribution >= 4 is 37.5 Å². The van der Waals surface area contributed by atoms with Crippen LogP contribution in [0.1, 0.15) is 11.1 Å². The van der Waals surface area contributed by atoms with Crippen LogP contribution in [0.4, 0.5) is 11.5 Å². The molecule has 4 N–H and O–H groups in total. The Hall–Kier alpha value is -1.64. The van der Waals surface area contributed by atoms with E-state index in [0.717, 1.165) is 11.1 Å². The first kappa shape index (κ1) is 15.7. The SMILES string of the molecule is Cc1ccc(NS(=O)(=O)c2cc(Br)cnc2NN)c(C)c1. The maximum atomic E-state index is 12.5. The molecular formula is C13H15BrN4O2S. The van der Waals surface area contributed by atoms with E-state index in [0.29, 0.717) is 10.2 Å². The summed E-state index contributed by atoms with van der Waals surface area (Å²) in [6, 6.07) is 6.91. The maximum absolute atomic E-state index is 12.5. The molecule has 0 unspecified atom stereocenters. The fourth-order valence-electron chi connectivity index (χ4n) is 1.86. The van der Waals surface area contributed by atoms with E-state index in [4.69, 9.17) is 5.84 Å². The Kier molecular flexibility index (Phi) is 4.50. The summed E-state index contributed by atoms with van der Waals surface area (Å²) in [6.07, 6.45) is 1.46. The van der Waals surface area contributed by atoms with Crippen LogP contribution in [0.15, 0.2) is 39.8 Å². The Balaban J connectivity index is 2.45. The molecule has 0 aliphatic carbocycles. The maximum Gasteiger partial charge on any atom is 0.265 e. The van der Waals surface area contributed by atoms with Gasteiger partial charge in [-0.3, -0.25) is 4.72 Å². The summed E-state index contributed by atoms with van der Waals surface area (Å²) in [7, 11) is -3.80. The highest BCUT2D eigenvalue weighted by molar-refractivity contribution is 9.10. The summed E-state index contributed by atoms with van der Waals surface area (Å²) in [5.41, 5.74) is 4.70. The van der Waals surface area contributed by atoms with Gasteiger partial charge in [0.1, 0.15) is 4.90 Å². The van der Waals surface area contributed by atoms with Gasteiger partial charge >= 0.3 is 0 Å². The summed E-state index contributed by atoms with van der Waals surface area (Å²) in [6.45, 7) is 3.78. The normalized spacial score (nSPS) is 11.2. The highest BCUT2D eigenvalue weighted by Crippen LogP contribution is 2.26. The molecule has 1 aromatic heterocycles. The summed E-state index contributed by atoms with van der Waals surface area (Å²) >= 11 is 3.20. The van der Waals surface area contributed by atoms with Crippen molar-refractivity contribution < 1.29 is 8.42 Å². The van der Waals surface area contributed by atoms with Crippen LogP contribution in [-0.2, 0) is 10.0 Å². The van der Waals surface area contributed by atoms with Crippen LogP contribution >= 0.6 is 15.9 Å². The molecule has 2 aromatic rings. The van der Waals surface area contributed by atoms with E-state index >= 15 is 0 Å². The van der Waals surface area contributed by atoms with Crippen molar-refractivity contribution in [3.8, 4) is 0 Å². The first-order chi connectivity index (χ1) is 9.83. The molecule has 8 heteroatoms. The van der Waals surface area contributed by atoms with E-state index in [1.807, 2.05) is 26.0 Å². The van der Waals surface area contributed by atoms with Gasteiger partial charge in [-0.15, -0.1) is 0 Å². The standard InChI is InChI=1S/C13H15BrN4O2S/c1-8-3-4-11(9(2)5-8)18-21(19,20)12-6-10(14)7-16-13(12)17-15/h3-7,18H,15H2,1-2H3,(H,16,17). The summed E-state index contributed by atoms with van der Waals surface area (Å²) in [4.78, 5) is 3.91. The monoisotopic (exact) mass is 370 g/mol. The van der Waals surface area contributed by atoms with E-state index in [2.05, 4.69) is 31.1 Å². The van der Waals surface area contributed by atoms with E-state index in [9.17, 15) is 8.42 Å². The van der Waals surface area contributed by atoms with Gasteiger partial charge in [0.05, 0.1) is 5.69 Å². The zero-order valence-corrected chi connectivity index (χ0v) is 13.9. The molecule has 1 aromatic carbocycles. The molecule has 0 bridgehead atoms. The van der Waals surface area contributed by atoms with Crippen LogP contribution in [0.5, 0.6) is 0 Å². The molecule has 2 rings (SSSR count). The number of aryl methyl sites for hydroxylation is 2. The number of sulfonamides is 1. The van der Waals surface area contributed by atoms with Crippen molar-refractivity contribution in [2.24, 2.45) is 5.84 Å². The Bertz CT molecular complexity index is 778. The zero-order valence-electron chi connectivity index (χ0n) is 11.5. The third kappa shape index (κ3) is 3.52. The van der Waals surface area contributed by atoms with Crippen LogP contribution in [0, 0.1) is 13.8 Å². The van der Waals surface area contributed by atoms with Gasteiger partial charge in [-0.1, -0.05) is 17.7 Å². The highest BCUT2D eigenvalue weighted by Gasteiger charge is 2.21. The molecule has 0 aliphatic heterocycles. The molecule has 0 saturated carbocycles. The summed E-state index contributed by atoms with van der Waals surface area (Å²) in [5.74, 6) is 5.40. The molecule has 1 heterocycles. The second kappa shape index (κ2) is 6.00. The Morgan fingerprint density at radius 2 is 1.95 bits per heavy atom. The predicted molar refractivity (Wildman–Crippen MR) is 86.5 cm³/mol. The first-order valence-electron chi connectivity index (χ1n) is 6.06. The Labute approximate surface area is 131 Å². The van der Waals surface area contributed by atoms with Crippen LogP contribution in [0.2, 0.25) is 0 Å². The lowest BCUT2D eigenvalue weighted by Gasteiger charge is -2.13. The van der Waals surface area contributed by atoms with Gasteiger partial charge in [-0.05, 0) is 47.5 Å². The predicted octanol–water partition coefficient (Wildman–Crippen LogP) is 2.55. The topological polar surface area (TPSA) is 97.1 Å². The number of aromatic nitrogens is 1. The summed E-state index contributed by atoms with van der Waals surface area (Å²) < 4.78 is 28.1. The van der Waals surface area contributed by atoms with Crippen molar-refractivity contribution in [2.45, 2.75) is 18.7 Å². The third-order valence-electron chi connectivity index (χ3n) is 2.87. The second-order valence-corrected chi connectivity index (χ2v) is 7.13. The number of benzene rings is 1. The number of hydrogen-bond donors (Lipinski definition) is 3. The van der Waals surface area contributed by atoms with E-state index in [1.54, 1.807) is 6.07 Å². The minimum Gasteiger partial charge on any atom is -0.307 e. The van der Waals surface area contributed by atoms with Crippen molar-refractivity contribution in [3.63, 3.8) is 0 Å². The second-order valence-electron chi connectivity index (χ2n) is 4.57. The number of rotatable bonds is 4. The minimum atomic E-state index is -3.80.